The predicted molar refractivity (Wildman–Crippen MR) is 39.1 cm³/mol. The topological polar surface area (TPSA) is 38.0 Å². The van der Waals surface area contributed by atoms with E-state index in [0.717, 1.165) is 5.56 Å². The molecule has 1 heterocycles. The zero-order valence-electron chi connectivity index (χ0n) is 5.46. The summed E-state index contributed by atoms with van der Waals surface area (Å²) in [6.07, 6.45) is 0. The lowest BCUT2D eigenvalue weighted by atomic mass is 10.1. The lowest BCUT2D eigenvalue weighted by molar-refractivity contribution is 0.939. The standard InChI is InChI=1S/C8H7N2/c9-8-7-4-2-1-3-6(7)5-10-8/h1-4,9H,5H2. The summed E-state index contributed by atoms with van der Waals surface area (Å²) in [6, 6.07) is 7.87. The molecule has 0 spiro atoms. The molecule has 0 aliphatic carbocycles. The minimum atomic E-state index is 0.426. The van der Waals surface area contributed by atoms with Crippen LogP contribution in [0.15, 0.2) is 24.3 Å². The maximum atomic E-state index is 7.36. The second kappa shape index (κ2) is 1.84. The molecule has 0 atom stereocenters. The van der Waals surface area contributed by atoms with E-state index in [1.165, 1.54) is 5.56 Å². The molecule has 10 heavy (non-hydrogen) atoms. The Morgan fingerprint density at radius 2 is 2.10 bits per heavy atom. The molecule has 1 aromatic rings. The van der Waals surface area contributed by atoms with Crippen LogP contribution in [0.4, 0.5) is 0 Å². The average Bonchev–Trinajstić information content (AvgIpc) is 2.34. The van der Waals surface area contributed by atoms with E-state index >= 15 is 0 Å². The fourth-order valence-corrected chi connectivity index (χ4v) is 1.14. The van der Waals surface area contributed by atoms with Gasteiger partial charge in [-0.15, -0.1) is 0 Å². The molecule has 2 heteroatoms. The van der Waals surface area contributed by atoms with E-state index in [9.17, 15) is 0 Å². The second-order valence-corrected chi connectivity index (χ2v) is 2.32. The predicted octanol–water partition coefficient (Wildman–Crippen LogP) is 1.13. The molecule has 0 bridgehead atoms. The minimum Gasteiger partial charge on any atom is -0.283 e. The maximum absolute atomic E-state index is 7.36. The van der Waals surface area contributed by atoms with Crippen molar-refractivity contribution in [2.24, 2.45) is 0 Å². The third kappa shape index (κ3) is 0.620. The molecule has 1 radical (unpaired) electrons. The van der Waals surface area contributed by atoms with Crippen molar-refractivity contribution in [3.05, 3.63) is 35.4 Å². The third-order valence-electron chi connectivity index (χ3n) is 1.68. The Balaban J connectivity index is 2.61. The molecule has 49 valence electrons. The van der Waals surface area contributed by atoms with Crippen molar-refractivity contribution in [3.8, 4) is 0 Å². The van der Waals surface area contributed by atoms with E-state index in [1.54, 1.807) is 0 Å². The van der Waals surface area contributed by atoms with Crippen molar-refractivity contribution in [2.75, 3.05) is 0 Å². The van der Waals surface area contributed by atoms with Gasteiger partial charge in [-0.1, -0.05) is 24.3 Å². The van der Waals surface area contributed by atoms with Gasteiger partial charge in [0.25, 0.3) is 0 Å². The van der Waals surface area contributed by atoms with Crippen molar-refractivity contribution in [1.82, 2.24) is 5.32 Å². The molecule has 1 aliphatic rings. The normalized spacial score (nSPS) is 14.6. The van der Waals surface area contributed by atoms with Gasteiger partial charge in [-0.2, -0.15) is 0 Å². The minimum absolute atomic E-state index is 0.426. The van der Waals surface area contributed by atoms with E-state index in [1.807, 2.05) is 24.3 Å². The first-order valence-corrected chi connectivity index (χ1v) is 3.22. The summed E-state index contributed by atoms with van der Waals surface area (Å²) in [5.41, 5.74) is 2.16. The number of nitrogens with one attached hydrogen (secondary N) is 1. The molecule has 2 nitrogen and oxygen atoms in total. The van der Waals surface area contributed by atoms with Gasteiger partial charge in [-0.25, -0.2) is 0 Å². The van der Waals surface area contributed by atoms with E-state index in [2.05, 4.69) is 5.32 Å². The van der Waals surface area contributed by atoms with Crippen LogP contribution in [-0.2, 0) is 6.54 Å². The zero-order valence-corrected chi connectivity index (χ0v) is 5.46. The number of benzene rings is 1. The van der Waals surface area contributed by atoms with E-state index in [4.69, 9.17) is 5.41 Å². The van der Waals surface area contributed by atoms with E-state index < -0.39 is 0 Å². The van der Waals surface area contributed by atoms with Gasteiger partial charge in [0.1, 0.15) is 5.84 Å². The lowest BCUT2D eigenvalue weighted by Gasteiger charge is -1.91. The largest absolute Gasteiger partial charge is 0.283 e. The summed E-state index contributed by atoms with van der Waals surface area (Å²) in [4.78, 5) is 0. The van der Waals surface area contributed by atoms with Crippen LogP contribution in [0.5, 0.6) is 0 Å². The monoisotopic (exact) mass is 131 g/mol. The van der Waals surface area contributed by atoms with Crippen LogP contribution < -0.4 is 5.32 Å². The van der Waals surface area contributed by atoms with Gasteiger partial charge < -0.3 is 0 Å². The van der Waals surface area contributed by atoms with Gasteiger partial charge >= 0.3 is 0 Å². The van der Waals surface area contributed by atoms with Crippen molar-refractivity contribution >= 4 is 5.84 Å². The smallest absolute Gasteiger partial charge is 0.147 e. The summed E-state index contributed by atoms with van der Waals surface area (Å²) >= 11 is 0. The Labute approximate surface area is 59.4 Å². The molecular formula is C8H7N2. The average molecular weight is 131 g/mol. The quantitative estimate of drug-likeness (QED) is 0.548. The summed E-state index contributed by atoms with van der Waals surface area (Å²) < 4.78 is 0. The van der Waals surface area contributed by atoms with Crippen LogP contribution >= 0.6 is 0 Å². The van der Waals surface area contributed by atoms with Crippen molar-refractivity contribution in [3.63, 3.8) is 0 Å². The molecule has 1 N–H and O–H groups in total. The first-order chi connectivity index (χ1) is 4.88. The lowest BCUT2D eigenvalue weighted by Crippen LogP contribution is -2.03. The molecule has 0 saturated carbocycles. The molecule has 1 aromatic carbocycles. The van der Waals surface area contributed by atoms with Crippen LogP contribution in [0.3, 0.4) is 0 Å². The van der Waals surface area contributed by atoms with Crippen LogP contribution in [-0.4, -0.2) is 5.84 Å². The summed E-state index contributed by atoms with van der Waals surface area (Å²) in [6.45, 7) is 0.689. The highest BCUT2D eigenvalue weighted by Gasteiger charge is 2.14. The van der Waals surface area contributed by atoms with Crippen molar-refractivity contribution < 1.29 is 0 Å². The van der Waals surface area contributed by atoms with Gasteiger partial charge in [0.2, 0.25) is 0 Å². The Kier molecular flexibility index (Phi) is 1.01. The number of fused-ring (bicyclic) bond motifs is 1. The molecule has 0 aromatic heterocycles. The molecular weight excluding hydrogens is 124 g/mol. The molecule has 2 rings (SSSR count). The van der Waals surface area contributed by atoms with Gasteiger partial charge in [0.05, 0.1) is 6.54 Å². The van der Waals surface area contributed by atoms with Crippen LogP contribution in [0.25, 0.3) is 0 Å². The maximum Gasteiger partial charge on any atom is 0.147 e. The van der Waals surface area contributed by atoms with Crippen molar-refractivity contribution in [2.45, 2.75) is 6.54 Å². The molecule has 0 saturated heterocycles. The SMILES string of the molecule is N=C1[N]Cc2ccccc21. The molecule has 0 amide bonds. The van der Waals surface area contributed by atoms with Crippen LogP contribution in [0, 0.1) is 5.41 Å². The molecule has 0 unspecified atom stereocenters. The molecule has 1 aliphatic heterocycles. The fourth-order valence-electron chi connectivity index (χ4n) is 1.14. The van der Waals surface area contributed by atoms with Crippen molar-refractivity contribution in [1.29, 1.82) is 5.41 Å². The highest BCUT2D eigenvalue weighted by atomic mass is 15.0. The van der Waals surface area contributed by atoms with Crippen LogP contribution in [0.2, 0.25) is 0 Å². The summed E-state index contributed by atoms with van der Waals surface area (Å²) in [5.74, 6) is 0.426. The number of nitrogens with zero attached hydrogens (tertiary/aromatic N) is 1. The molecule has 0 fully saturated rings. The Morgan fingerprint density at radius 3 is 2.90 bits per heavy atom. The first kappa shape index (κ1) is 5.47. The summed E-state index contributed by atoms with van der Waals surface area (Å²) in [5, 5.41) is 11.4. The number of hydrogen-bond acceptors (Lipinski definition) is 1. The highest BCUT2D eigenvalue weighted by Crippen LogP contribution is 2.14. The number of hydrogen-bond donors (Lipinski definition) is 1. The zero-order chi connectivity index (χ0) is 6.97. The Morgan fingerprint density at radius 1 is 1.30 bits per heavy atom. The van der Waals surface area contributed by atoms with Crippen LogP contribution in [0.1, 0.15) is 11.1 Å². The fraction of sp³-hybridized carbons (Fsp3) is 0.125. The first-order valence-electron chi connectivity index (χ1n) is 3.22. The Bertz CT molecular complexity index is 278. The summed E-state index contributed by atoms with van der Waals surface area (Å²) in [7, 11) is 0. The van der Waals surface area contributed by atoms with E-state index in [-0.39, 0.29) is 0 Å². The number of rotatable bonds is 0. The van der Waals surface area contributed by atoms with Gasteiger partial charge in [-0.3, -0.25) is 10.7 Å². The Hall–Kier alpha value is -1.31. The third-order valence-corrected chi connectivity index (χ3v) is 1.68. The van der Waals surface area contributed by atoms with Gasteiger partial charge in [0, 0.05) is 5.56 Å². The number of amidine groups is 1. The highest BCUT2D eigenvalue weighted by molar-refractivity contribution is 5.99. The van der Waals surface area contributed by atoms with Gasteiger partial charge in [-0.05, 0) is 5.56 Å². The van der Waals surface area contributed by atoms with Gasteiger partial charge in [0.15, 0.2) is 0 Å². The van der Waals surface area contributed by atoms with E-state index in [0.29, 0.717) is 12.4 Å². The second-order valence-electron chi connectivity index (χ2n) is 2.32.